The van der Waals surface area contributed by atoms with E-state index in [2.05, 4.69) is 20.2 Å². The Labute approximate surface area is 245 Å². The van der Waals surface area contributed by atoms with E-state index in [1.807, 2.05) is 23.1 Å². The fraction of sp³-hybridized carbons (Fsp3) is 0.310. The minimum atomic E-state index is -4.52. The Balaban J connectivity index is 1.12. The number of ether oxygens (including phenoxy) is 2. The number of hydrogen-bond donors (Lipinski definition) is 1. The Morgan fingerprint density at radius 2 is 1.88 bits per heavy atom. The summed E-state index contributed by atoms with van der Waals surface area (Å²) in [7, 11) is -4.52. The number of aromatic nitrogens is 3. The maximum atomic E-state index is 14.7. The topological polar surface area (TPSA) is 127 Å². The molecule has 0 aliphatic carbocycles. The smallest absolute Gasteiger partial charge is 0.251 e. The molecule has 0 radical (unpaired) electrons. The summed E-state index contributed by atoms with van der Waals surface area (Å²) in [5, 5.41) is 3.41. The Morgan fingerprint density at radius 3 is 2.70 bits per heavy atom. The highest BCUT2D eigenvalue weighted by atomic mass is 32.2. The number of nitrogens with one attached hydrogen (secondary N) is 1. The van der Waals surface area contributed by atoms with Crippen LogP contribution in [0.4, 0.5) is 26.1 Å². The van der Waals surface area contributed by atoms with Crippen LogP contribution in [0.15, 0.2) is 53.7 Å². The van der Waals surface area contributed by atoms with Crippen LogP contribution in [-0.4, -0.2) is 67.6 Å². The van der Waals surface area contributed by atoms with Gasteiger partial charge in [-0.05, 0) is 42.8 Å². The first-order chi connectivity index (χ1) is 20.8. The van der Waals surface area contributed by atoms with Gasteiger partial charge in [-0.15, -0.1) is 0 Å². The van der Waals surface area contributed by atoms with Crippen molar-refractivity contribution in [2.75, 3.05) is 42.6 Å². The number of rotatable bonds is 5. The zero-order valence-corrected chi connectivity index (χ0v) is 23.6. The number of hydrogen-bond acceptors (Lipinski definition) is 10. The van der Waals surface area contributed by atoms with Crippen molar-refractivity contribution >= 4 is 44.0 Å². The number of anilines is 3. The van der Waals surface area contributed by atoms with Gasteiger partial charge in [-0.3, -0.25) is 9.78 Å². The molecule has 1 atom stereocenters. The van der Waals surface area contributed by atoms with Gasteiger partial charge in [0.25, 0.3) is 5.91 Å². The van der Waals surface area contributed by atoms with Gasteiger partial charge in [-0.2, -0.15) is 0 Å². The van der Waals surface area contributed by atoms with Crippen LogP contribution in [-0.2, 0) is 16.4 Å². The molecular formula is C29H26F2N6O5S. The summed E-state index contributed by atoms with van der Waals surface area (Å²) in [6.45, 7) is 2.66. The second kappa shape index (κ2) is 10.6. The summed E-state index contributed by atoms with van der Waals surface area (Å²) < 4.78 is 65.2. The van der Waals surface area contributed by atoms with E-state index in [0.717, 1.165) is 48.5 Å². The highest BCUT2D eigenvalue weighted by molar-refractivity contribution is 7.92. The van der Waals surface area contributed by atoms with E-state index in [9.17, 15) is 22.0 Å². The van der Waals surface area contributed by atoms with Crippen LogP contribution in [0, 0.1) is 5.82 Å². The molecule has 0 saturated carbocycles. The van der Waals surface area contributed by atoms with Gasteiger partial charge < -0.3 is 24.6 Å². The minimum absolute atomic E-state index is 0.0461. The number of fused-ring (bicyclic) bond motifs is 3. The summed E-state index contributed by atoms with van der Waals surface area (Å²) in [6, 6.07) is 9.29. The molecule has 7 rings (SSSR count). The number of alkyl halides is 1. The van der Waals surface area contributed by atoms with Crippen LogP contribution in [0.25, 0.3) is 10.9 Å². The zero-order chi connectivity index (χ0) is 29.7. The lowest BCUT2D eigenvalue weighted by Gasteiger charge is -2.37. The second-order valence-corrected chi connectivity index (χ2v) is 12.5. The van der Waals surface area contributed by atoms with Crippen molar-refractivity contribution in [1.29, 1.82) is 0 Å². The van der Waals surface area contributed by atoms with E-state index in [4.69, 9.17) is 14.5 Å². The van der Waals surface area contributed by atoms with E-state index in [-0.39, 0.29) is 18.7 Å². The molecule has 222 valence electrons. The van der Waals surface area contributed by atoms with Gasteiger partial charge in [-0.1, -0.05) is 0 Å². The molecular weight excluding hydrogens is 582 g/mol. The first-order valence-corrected chi connectivity index (χ1v) is 15.4. The van der Waals surface area contributed by atoms with Crippen LogP contribution in [0.3, 0.4) is 0 Å². The number of carbonyl (C=O) groups excluding carboxylic acids is 1. The average molecular weight is 609 g/mol. The zero-order valence-electron chi connectivity index (χ0n) is 22.8. The minimum Gasteiger partial charge on any atom is -0.489 e. The van der Waals surface area contributed by atoms with Crippen LogP contribution in [0.2, 0.25) is 0 Å². The van der Waals surface area contributed by atoms with Crippen molar-refractivity contribution in [2.45, 2.75) is 29.8 Å². The van der Waals surface area contributed by atoms with Gasteiger partial charge in [-0.25, -0.2) is 27.2 Å². The molecule has 1 amide bonds. The van der Waals surface area contributed by atoms with E-state index < -0.39 is 44.1 Å². The number of carbonyl (C=O) groups is 1. The highest BCUT2D eigenvalue weighted by Crippen LogP contribution is 2.42. The molecule has 1 saturated heterocycles. The lowest BCUT2D eigenvalue weighted by molar-refractivity contribution is 0.0949. The van der Waals surface area contributed by atoms with Crippen molar-refractivity contribution in [2.24, 2.45) is 0 Å². The SMILES string of the molecule is O=C(NCc1cc2nc(N3CCOc4c(N5CCC5)ccnc43)ccc2cn1)c1cc(F)c2c(c1)S(=O)(=O)[C@@H](F)CCO2. The van der Waals surface area contributed by atoms with E-state index in [1.165, 1.54) is 0 Å². The third-order valence-corrected chi connectivity index (χ3v) is 9.53. The molecule has 0 bridgehead atoms. The molecule has 1 N–H and O–H groups in total. The van der Waals surface area contributed by atoms with Gasteiger partial charge in [0.2, 0.25) is 15.3 Å². The van der Waals surface area contributed by atoms with Crippen LogP contribution < -0.4 is 24.6 Å². The number of sulfone groups is 1. The molecule has 14 heteroatoms. The van der Waals surface area contributed by atoms with E-state index >= 15 is 0 Å². The van der Waals surface area contributed by atoms with Gasteiger partial charge in [0.1, 0.15) is 17.3 Å². The van der Waals surface area contributed by atoms with Crippen LogP contribution in [0.5, 0.6) is 11.5 Å². The van der Waals surface area contributed by atoms with Crippen molar-refractivity contribution in [3.8, 4) is 11.5 Å². The fourth-order valence-corrected chi connectivity index (χ4v) is 6.68. The molecule has 0 unspecified atom stereocenters. The second-order valence-electron chi connectivity index (χ2n) is 10.4. The maximum absolute atomic E-state index is 14.7. The Hall–Kier alpha value is -4.59. The van der Waals surface area contributed by atoms with Gasteiger partial charge in [0.05, 0.1) is 36.6 Å². The third-order valence-electron chi connectivity index (χ3n) is 7.71. The van der Waals surface area contributed by atoms with Gasteiger partial charge in [0, 0.05) is 42.9 Å². The summed E-state index contributed by atoms with van der Waals surface area (Å²) in [5.74, 6) is -0.273. The lowest BCUT2D eigenvalue weighted by atomic mass is 10.1. The first kappa shape index (κ1) is 27.3. The summed E-state index contributed by atoms with van der Waals surface area (Å²) in [5.41, 5.74) is -0.407. The normalized spacial score (nSPS) is 18.9. The number of halogens is 2. The van der Waals surface area contributed by atoms with Crippen molar-refractivity contribution in [3.05, 3.63) is 65.9 Å². The maximum Gasteiger partial charge on any atom is 0.251 e. The molecule has 11 nitrogen and oxygen atoms in total. The number of benzene rings is 1. The number of pyridine rings is 3. The van der Waals surface area contributed by atoms with Crippen molar-refractivity contribution in [3.63, 3.8) is 0 Å². The predicted octanol–water partition coefficient (Wildman–Crippen LogP) is 3.69. The average Bonchev–Trinajstić information content (AvgIpc) is 3.09. The molecule has 3 aliphatic rings. The molecule has 3 aromatic heterocycles. The molecule has 3 aliphatic heterocycles. The predicted molar refractivity (Wildman–Crippen MR) is 153 cm³/mol. The monoisotopic (exact) mass is 608 g/mol. The Kier molecular flexibility index (Phi) is 6.72. The van der Waals surface area contributed by atoms with Crippen molar-refractivity contribution in [1.82, 2.24) is 20.3 Å². The lowest BCUT2D eigenvalue weighted by Crippen LogP contribution is -2.38. The van der Waals surface area contributed by atoms with E-state index in [1.54, 1.807) is 18.5 Å². The van der Waals surface area contributed by atoms with E-state index in [0.29, 0.717) is 36.0 Å². The summed E-state index contributed by atoms with van der Waals surface area (Å²) >= 11 is 0. The Bertz CT molecular complexity index is 1870. The van der Waals surface area contributed by atoms with Gasteiger partial charge in [0.15, 0.2) is 23.1 Å². The fourth-order valence-electron chi connectivity index (χ4n) is 5.30. The molecule has 1 aromatic carbocycles. The summed E-state index contributed by atoms with van der Waals surface area (Å²) in [6.07, 6.45) is 4.11. The first-order valence-electron chi connectivity index (χ1n) is 13.8. The molecule has 43 heavy (non-hydrogen) atoms. The van der Waals surface area contributed by atoms with Gasteiger partial charge >= 0.3 is 0 Å². The summed E-state index contributed by atoms with van der Waals surface area (Å²) in [4.78, 5) is 30.3. The molecule has 6 heterocycles. The largest absolute Gasteiger partial charge is 0.489 e. The van der Waals surface area contributed by atoms with Crippen molar-refractivity contribution < 1.29 is 31.5 Å². The number of nitrogens with zero attached hydrogens (tertiary/aromatic N) is 5. The highest BCUT2D eigenvalue weighted by Gasteiger charge is 2.36. The van der Waals surface area contributed by atoms with Crippen LogP contribution >= 0.6 is 0 Å². The molecule has 4 aromatic rings. The molecule has 1 fully saturated rings. The number of amides is 1. The standard InChI is InChI=1S/C29H26F2N6O5S/c30-20-12-18(13-23-26(20)41-10-5-24(31)43(23,39)40)29(38)34-16-19-14-21-17(15-33-19)2-3-25(35-21)37-9-11-42-27-22(36-7-1-8-36)4-6-32-28(27)37/h2-4,6,12-15,24H,1,5,7-11,16H2,(H,34,38)/t24-/m1/s1. The van der Waals surface area contributed by atoms with Crippen LogP contribution in [0.1, 0.15) is 28.9 Å². The quantitative estimate of drug-likeness (QED) is 0.359. The molecule has 0 spiro atoms. The third kappa shape index (κ3) is 4.84. The Morgan fingerprint density at radius 1 is 1.05 bits per heavy atom.